The highest BCUT2D eigenvalue weighted by Gasteiger charge is 2.30. The van der Waals surface area contributed by atoms with Gasteiger partial charge in [0, 0.05) is 25.9 Å². The molecule has 2 aromatic rings. The molecule has 0 aromatic carbocycles. The molecule has 0 radical (unpaired) electrons. The zero-order valence-electron chi connectivity index (χ0n) is 17.0. The molecule has 152 valence electrons. The normalized spacial score (nSPS) is 25.9. The Labute approximate surface area is 166 Å². The SMILES string of the molecule is Cc1noc([C@@H]2CCCN(c3nccc(N[C@@H]4CCCO[C@@H]4C(C)C)n3)C2)n1. The molecule has 8 nitrogen and oxygen atoms in total. The summed E-state index contributed by atoms with van der Waals surface area (Å²) in [6, 6.07) is 2.23. The number of piperidine rings is 1. The zero-order valence-corrected chi connectivity index (χ0v) is 17.0. The molecule has 2 aromatic heterocycles. The monoisotopic (exact) mass is 386 g/mol. The van der Waals surface area contributed by atoms with E-state index in [4.69, 9.17) is 14.2 Å². The van der Waals surface area contributed by atoms with Crippen LogP contribution in [0.5, 0.6) is 0 Å². The van der Waals surface area contributed by atoms with E-state index in [2.05, 4.69) is 39.2 Å². The summed E-state index contributed by atoms with van der Waals surface area (Å²) >= 11 is 0. The molecule has 0 bridgehead atoms. The lowest BCUT2D eigenvalue weighted by Gasteiger charge is -2.35. The standard InChI is InChI=1S/C20H30N6O2/c1-13(2)18-16(7-5-11-27-18)23-17-8-9-21-20(24-17)26-10-4-6-15(12-26)19-22-14(3)25-28-19/h8-9,13,15-16,18H,4-7,10-12H2,1-3H3,(H,21,23,24)/t15-,16-,18-/m1/s1. The first kappa shape index (κ1) is 19.1. The van der Waals surface area contributed by atoms with Crippen LogP contribution >= 0.6 is 0 Å². The predicted molar refractivity (Wildman–Crippen MR) is 106 cm³/mol. The Hall–Kier alpha value is -2.22. The molecule has 2 aliphatic heterocycles. The molecule has 8 heteroatoms. The van der Waals surface area contributed by atoms with Crippen molar-refractivity contribution in [2.24, 2.45) is 5.92 Å². The largest absolute Gasteiger partial charge is 0.376 e. The highest BCUT2D eigenvalue weighted by Crippen LogP contribution is 2.28. The van der Waals surface area contributed by atoms with Gasteiger partial charge in [-0.2, -0.15) is 9.97 Å². The molecule has 3 atom stereocenters. The van der Waals surface area contributed by atoms with Gasteiger partial charge in [0.15, 0.2) is 5.82 Å². The van der Waals surface area contributed by atoms with Crippen molar-refractivity contribution < 1.29 is 9.26 Å². The molecule has 2 fully saturated rings. The van der Waals surface area contributed by atoms with Gasteiger partial charge >= 0.3 is 0 Å². The summed E-state index contributed by atoms with van der Waals surface area (Å²) in [7, 11) is 0. The maximum Gasteiger partial charge on any atom is 0.231 e. The zero-order chi connectivity index (χ0) is 19.5. The molecule has 0 aliphatic carbocycles. The van der Waals surface area contributed by atoms with Crippen molar-refractivity contribution in [3.05, 3.63) is 24.0 Å². The van der Waals surface area contributed by atoms with E-state index >= 15 is 0 Å². The van der Waals surface area contributed by atoms with Crippen LogP contribution in [0.2, 0.25) is 0 Å². The van der Waals surface area contributed by atoms with Crippen LogP contribution in [0.1, 0.15) is 57.2 Å². The third-order valence-electron chi connectivity index (χ3n) is 5.60. The van der Waals surface area contributed by atoms with E-state index in [1.807, 2.05) is 19.2 Å². The molecule has 0 saturated carbocycles. The molecule has 4 heterocycles. The maximum absolute atomic E-state index is 6.00. The van der Waals surface area contributed by atoms with Gasteiger partial charge in [0.1, 0.15) is 5.82 Å². The van der Waals surface area contributed by atoms with E-state index in [9.17, 15) is 0 Å². The van der Waals surface area contributed by atoms with Gasteiger partial charge in [-0.15, -0.1) is 0 Å². The minimum absolute atomic E-state index is 0.215. The first-order valence-electron chi connectivity index (χ1n) is 10.4. The lowest BCUT2D eigenvalue weighted by atomic mass is 9.94. The number of hydrogen-bond acceptors (Lipinski definition) is 8. The molecule has 2 aliphatic rings. The van der Waals surface area contributed by atoms with Gasteiger partial charge < -0.3 is 19.5 Å². The second-order valence-electron chi connectivity index (χ2n) is 8.18. The molecule has 0 unspecified atom stereocenters. The Kier molecular flexibility index (Phi) is 5.75. The number of nitrogens with one attached hydrogen (secondary N) is 1. The molecular weight excluding hydrogens is 356 g/mol. The molecule has 0 amide bonds. The van der Waals surface area contributed by atoms with Gasteiger partial charge in [0.2, 0.25) is 11.8 Å². The fourth-order valence-electron chi connectivity index (χ4n) is 4.22. The summed E-state index contributed by atoms with van der Waals surface area (Å²) in [5.74, 6) is 3.72. The van der Waals surface area contributed by atoms with E-state index in [-0.39, 0.29) is 18.1 Å². The summed E-state index contributed by atoms with van der Waals surface area (Å²) in [5.41, 5.74) is 0. The van der Waals surface area contributed by atoms with Crippen LogP contribution in [-0.2, 0) is 4.74 Å². The average Bonchev–Trinajstić information content (AvgIpc) is 3.15. The van der Waals surface area contributed by atoms with Gasteiger partial charge in [-0.1, -0.05) is 19.0 Å². The molecule has 2 saturated heterocycles. The first-order chi connectivity index (χ1) is 13.6. The minimum atomic E-state index is 0.215. The van der Waals surface area contributed by atoms with Crippen molar-refractivity contribution in [1.82, 2.24) is 20.1 Å². The van der Waals surface area contributed by atoms with Crippen LogP contribution in [0, 0.1) is 12.8 Å². The van der Waals surface area contributed by atoms with E-state index in [0.717, 1.165) is 63.0 Å². The van der Waals surface area contributed by atoms with E-state index < -0.39 is 0 Å². The highest BCUT2D eigenvalue weighted by molar-refractivity contribution is 5.43. The summed E-state index contributed by atoms with van der Waals surface area (Å²) in [6.07, 6.45) is 6.33. The number of ether oxygens (including phenoxy) is 1. The van der Waals surface area contributed by atoms with Crippen LogP contribution in [0.25, 0.3) is 0 Å². The summed E-state index contributed by atoms with van der Waals surface area (Å²) < 4.78 is 11.4. The minimum Gasteiger partial charge on any atom is -0.376 e. The smallest absolute Gasteiger partial charge is 0.231 e. The second-order valence-corrected chi connectivity index (χ2v) is 8.18. The quantitative estimate of drug-likeness (QED) is 0.838. The van der Waals surface area contributed by atoms with Gasteiger partial charge in [-0.25, -0.2) is 4.98 Å². The summed E-state index contributed by atoms with van der Waals surface area (Å²) in [6.45, 7) is 8.86. The van der Waals surface area contributed by atoms with E-state index in [1.165, 1.54) is 0 Å². The van der Waals surface area contributed by atoms with Crippen LogP contribution in [-0.4, -0.2) is 52.0 Å². The number of rotatable bonds is 5. The van der Waals surface area contributed by atoms with Crippen LogP contribution in [0.15, 0.2) is 16.8 Å². The molecule has 4 rings (SSSR count). The summed E-state index contributed by atoms with van der Waals surface area (Å²) in [5, 5.41) is 7.53. The van der Waals surface area contributed by atoms with E-state index in [0.29, 0.717) is 11.7 Å². The van der Waals surface area contributed by atoms with Crippen molar-refractivity contribution in [3.8, 4) is 0 Å². The van der Waals surface area contributed by atoms with Gasteiger partial charge in [0.05, 0.1) is 18.1 Å². The van der Waals surface area contributed by atoms with Crippen LogP contribution in [0.3, 0.4) is 0 Å². The lowest BCUT2D eigenvalue weighted by Crippen LogP contribution is -2.43. The lowest BCUT2D eigenvalue weighted by molar-refractivity contribution is -0.0203. The van der Waals surface area contributed by atoms with Gasteiger partial charge in [0.25, 0.3) is 0 Å². The number of aromatic nitrogens is 4. The van der Waals surface area contributed by atoms with E-state index in [1.54, 1.807) is 0 Å². The Morgan fingerprint density at radius 1 is 1.21 bits per heavy atom. The number of aryl methyl sites for hydroxylation is 1. The van der Waals surface area contributed by atoms with Gasteiger partial charge in [-0.05, 0) is 44.6 Å². The fourth-order valence-corrected chi connectivity index (χ4v) is 4.22. The molecular formula is C20H30N6O2. The van der Waals surface area contributed by atoms with Gasteiger partial charge in [-0.3, -0.25) is 0 Å². The highest BCUT2D eigenvalue weighted by atomic mass is 16.5. The van der Waals surface area contributed by atoms with Crippen molar-refractivity contribution in [2.75, 3.05) is 29.9 Å². The van der Waals surface area contributed by atoms with Crippen LogP contribution in [0.4, 0.5) is 11.8 Å². The fraction of sp³-hybridized carbons (Fsp3) is 0.700. The molecule has 28 heavy (non-hydrogen) atoms. The average molecular weight is 387 g/mol. The predicted octanol–water partition coefficient (Wildman–Crippen LogP) is 3.17. The first-order valence-corrected chi connectivity index (χ1v) is 10.4. The topological polar surface area (TPSA) is 89.2 Å². The summed E-state index contributed by atoms with van der Waals surface area (Å²) in [4.78, 5) is 15.9. The number of hydrogen-bond donors (Lipinski definition) is 1. The van der Waals surface area contributed by atoms with Crippen LogP contribution < -0.4 is 10.2 Å². The Morgan fingerprint density at radius 2 is 2.11 bits per heavy atom. The van der Waals surface area contributed by atoms with Crippen molar-refractivity contribution in [3.63, 3.8) is 0 Å². The Balaban J connectivity index is 1.45. The third-order valence-corrected chi connectivity index (χ3v) is 5.60. The number of nitrogens with zero attached hydrogens (tertiary/aromatic N) is 5. The van der Waals surface area contributed by atoms with Crippen molar-refractivity contribution in [2.45, 2.75) is 64.5 Å². The second kappa shape index (κ2) is 8.43. The van der Waals surface area contributed by atoms with Crippen molar-refractivity contribution >= 4 is 11.8 Å². The van der Waals surface area contributed by atoms with Crippen molar-refractivity contribution in [1.29, 1.82) is 0 Å². The molecule has 1 N–H and O–H groups in total. The Morgan fingerprint density at radius 3 is 2.89 bits per heavy atom. The third kappa shape index (κ3) is 4.27. The Bertz CT molecular complexity index is 780. The number of anilines is 2. The molecule has 0 spiro atoms. The maximum atomic E-state index is 6.00.